The number of nitriles is 1. The first-order valence-corrected chi connectivity index (χ1v) is 6.28. The van der Waals surface area contributed by atoms with Crippen molar-refractivity contribution in [2.45, 2.75) is 25.8 Å². The van der Waals surface area contributed by atoms with Gasteiger partial charge in [-0.15, -0.1) is 11.3 Å². The molecule has 16 heavy (non-hydrogen) atoms. The van der Waals surface area contributed by atoms with Crippen molar-refractivity contribution < 1.29 is 4.79 Å². The van der Waals surface area contributed by atoms with Crippen molar-refractivity contribution in [1.29, 1.82) is 5.26 Å². The van der Waals surface area contributed by atoms with Crippen LogP contribution in [0.3, 0.4) is 0 Å². The van der Waals surface area contributed by atoms with Crippen LogP contribution in [0, 0.1) is 11.3 Å². The van der Waals surface area contributed by atoms with Crippen LogP contribution in [0.25, 0.3) is 0 Å². The zero-order chi connectivity index (χ0) is 12.1. The molecule has 1 aromatic heterocycles. The van der Waals surface area contributed by atoms with Gasteiger partial charge in [0.2, 0.25) is 0 Å². The molecule has 1 rings (SSSR count). The molecule has 86 valence electrons. The lowest BCUT2D eigenvalue weighted by atomic mass is 10.1. The van der Waals surface area contributed by atoms with Crippen molar-refractivity contribution in [2.75, 3.05) is 0 Å². The van der Waals surface area contributed by atoms with Gasteiger partial charge in [0.15, 0.2) is 0 Å². The zero-order valence-corrected chi connectivity index (χ0v) is 10.9. The van der Waals surface area contributed by atoms with Crippen LogP contribution in [-0.2, 0) is 0 Å². The molecule has 0 radical (unpaired) electrons. The number of nitrogens with one attached hydrogen (secondary N) is 1. The van der Waals surface area contributed by atoms with Crippen molar-refractivity contribution in [1.82, 2.24) is 5.32 Å². The summed E-state index contributed by atoms with van der Waals surface area (Å²) in [6, 6.07) is 3.41. The summed E-state index contributed by atoms with van der Waals surface area (Å²) < 4.78 is 0.845. The van der Waals surface area contributed by atoms with Gasteiger partial charge in [0, 0.05) is 6.04 Å². The minimum atomic E-state index is -0.282. The van der Waals surface area contributed by atoms with Crippen LogP contribution in [0.5, 0.6) is 0 Å². The maximum absolute atomic E-state index is 11.8. The van der Waals surface area contributed by atoms with E-state index in [-0.39, 0.29) is 18.4 Å². The zero-order valence-electron chi connectivity index (χ0n) is 8.59. The lowest BCUT2D eigenvalue weighted by Gasteiger charge is -2.12. The van der Waals surface area contributed by atoms with Crippen molar-refractivity contribution in [3.05, 3.63) is 20.3 Å². The van der Waals surface area contributed by atoms with Crippen molar-refractivity contribution >= 4 is 40.4 Å². The van der Waals surface area contributed by atoms with E-state index < -0.39 is 0 Å². The topological polar surface area (TPSA) is 52.9 Å². The van der Waals surface area contributed by atoms with Crippen LogP contribution in [0.2, 0.25) is 8.67 Å². The Morgan fingerprint density at radius 2 is 2.38 bits per heavy atom. The molecule has 1 atom stereocenters. The summed E-state index contributed by atoms with van der Waals surface area (Å²) in [4.78, 5) is 11.8. The molecule has 0 aliphatic rings. The van der Waals surface area contributed by atoms with E-state index in [9.17, 15) is 4.79 Å². The van der Waals surface area contributed by atoms with Crippen LogP contribution in [0.15, 0.2) is 6.07 Å². The van der Waals surface area contributed by atoms with Crippen LogP contribution in [0.1, 0.15) is 30.1 Å². The molecule has 6 heteroatoms. The van der Waals surface area contributed by atoms with Gasteiger partial charge in [0.25, 0.3) is 5.91 Å². The normalized spacial score (nSPS) is 11.9. The Kier molecular flexibility index (Phi) is 5.07. The first kappa shape index (κ1) is 13.3. The maximum Gasteiger partial charge on any atom is 0.253 e. The fraction of sp³-hybridized carbons (Fsp3) is 0.400. The summed E-state index contributed by atoms with van der Waals surface area (Å²) in [7, 11) is 0. The number of nitrogens with zero attached hydrogens (tertiary/aromatic N) is 1. The molecular weight excluding hydrogens is 267 g/mol. The summed E-state index contributed by atoms with van der Waals surface area (Å²) in [5.41, 5.74) is 0.369. The van der Waals surface area contributed by atoms with Gasteiger partial charge >= 0.3 is 0 Å². The van der Waals surface area contributed by atoms with Gasteiger partial charge < -0.3 is 5.32 Å². The van der Waals surface area contributed by atoms with E-state index >= 15 is 0 Å². The highest BCUT2D eigenvalue weighted by atomic mass is 35.5. The fourth-order valence-corrected chi connectivity index (χ4v) is 2.62. The van der Waals surface area contributed by atoms with Crippen LogP contribution >= 0.6 is 34.5 Å². The Morgan fingerprint density at radius 3 is 2.81 bits per heavy atom. The fourth-order valence-electron chi connectivity index (χ4n) is 1.17. The van der Waals surface area contributed by atoms with Gasteiger partial charge in [-0.2, -0.15) is 5.26 Å². The second-order valence-corrected chi connectivity index (χ2v) is 5.46. The molecule has 0 aliphatic heterocycles. The third-order valence-corrected chi connectivity index (χ3v) is 3.55. The Morgan fingerprint density at radius 1 is 1.69 bits per heavy atom. The van der Waals surface area contributed by atoms with Crippen LogP contribution in [-0.4, -0.2) is 11.9 Å². The largest absolute Gasteiger partial charge is 0.348 e. The molecule has 3 nitrogen and oxygen atoms in total. The van der Waals surface area contributed by atoms with E-state index in [1.165, 1.54) is 6.07 Å². The summed E-state index contributed by atoms with van der Waals surface area (Å²) in [5, 5.41) is 11.3. The van der Waals surface area contributed by atoms with Crippen molar-refractivity contribution in [2.24, 2.45) is 0 Å². The molecule has 1 unspecified atom stereocenters. The molecule has 0 saturated heterocycles. The van der Waals surface area contributed by atoms with E-state index in [0.29, 0.717) is 20.7 Å². The van der Waals surface area contributed by atoms with Crippen LogP contribution < -0.4 is 5.32 Å². The number of thiophene rings is 1. The molecule has 0 fully saturated rings. The number of amides is 1. The highest BCUT2D eigenvalue weighted by Crippen LogP contribution is 2.31. The lowest BCUT2D eigenvalue weighted by molar-refractivity contribution is 0.0937. The third-order valence-electron chi connectivity index (χ3n) is 2.07. The second kappa shape index (κ2) is 6.09. The quantitative estimate of drug-likeness (QED) is 0.916. The standard InChI is InChI=1S/C10H10Cl2N2OS/c1-2-6(3-4-13)14-10(15)7-5-8(11)16-9(7)12/h5-6H,2-3H2,1H3,(H,14,15). The SMILES string of the molecule is CCC(CC#N)NC(=O)c1cc(Cl)sc1Cl. The third kappa shape index (κ3) is 3.38. The minimum Gasteiger partial charge on any atom is -0.348 e. The molecule has 0 saturated carbocycles. The average Bonchev–Trinajstić information content (AvgIpc) is 2.57. The molecule has 1 heterocycles. The van der Waals surface area contributed by atoms with Gasteiger partial charge in [-0.3, -0.25) is 4.79 Å². The number of carbonyl (C=O) groups is 1. The molecule has 0 aromatic carbocycles. The molecular formula is C10H10Cl2N2OS. The van der Waals surface area contributed by atoms with E-state index in [1.807, 2.05) is 13.0 Å². The first-order chi connectivity index (χ1) is 7.58. The number of hydrogen-bond donors (Lipinski definition) is 1. The second-order valence-electron chi connectivity index (χ2n) is 3.18. The summed E-state index contributed by atoms with van der Waals surface area (Å²) in [6.45, 7) is 1.91. The minimum absolute atomic E-state index is 0.146. The average molecular weight is 277 g/mol. The number of hydrogen-bond acceptors (Lipinski definition) is 3. The molecule has 1 aromatic rings. The Balaban J connectivity index is 2.72. The van der Waals surface area contributed by atoms with Gasteiger partial charge in [0.1, 0.15) is 4.34 Å². The summed E-state index contributed by atoms with van der Waals surface area (Å²) >= 11 is 12.7. The Labute approximate surface area is 108 Å². The smallest absolute Gasteiger partial charge is 0.253 e. The number of halogens is 2. The number of rotatable bonds is 4. The maximum atomic E-state index is 11.8. The predicted octanol–water partition coefficient (Wildman–Crippen LogP) is 3.48. The van der Waals surface area contributed by atoms with E-state index in [1.54, 1.807) is 0 Å². The monoisotopic (exact) mass is 276 g/mol. The summed E-state index contributed by atoms with van der Waals surface area (Å²) in [6.07, 6.45) is 0.993. The van der Waals surface area contributed by atoms with Crippen molar-refractivity contribution in [3.8, 4) is 6.07 Å². The predicted molar refractivity (Wildman–Crippen MR) is 66.1 cm³/mol. The van der Waals surface area contributed by atoms with Gasteiger partial charge in [0.05, 0.1) is 22.4 Å². The first-order valence-electron chi connectivity index (χ1n) is 4.71. The molecule has 1 amide bonds. The molecule has 1 N–H and O–H groups in total. The number of carbonyl (C=O) groups excluding carboxylic acids is 1. The molecule has 0 bridgehead atoms. The Bertz CT molecular complexity index is 425. The van der Waals surface area contributed by atoms with E-state index in [4.69, 9.17) is 28.5 Å². The Hall–Kier alpha value is -0.760. The van der Waals surface area contributed by atoms with E-state index in [0.717, 1.165) is 11.3 Å². The van der Waals surface area contributed by atoms with Gasteiger partial charge in [-0.05, 0) is 12.5 Å². The van der Waals surface area contributed by atoms with Crippen LogP contribution in [0.4, 0.5) is 0 Å². The van der Waals surface area contributed by atoms with Gasteiger partial charge in [-0.1, -0.05) is 30.1 Å². The molecule has 0 aliphatic carbocycles. The highest BCUT2D eigenvalue weighted by Gasteiger charge is 2.17. The highest BCUT2D eigenvalue weighted by molar-refractivity contribution is 7.20. The van der Waals surface area contributed by atoms with Gasteiger partial charge in [-0.25, -0.2) is 0 Å². The van der Waals surface area contributed by atoms with Crippen molar-refractivity contribution in [3.63, 3.8) is 0 Å². The summed E-state index contributed by atoms with van der Waals surface area (Å²) in [5.74, 6) is -0.282. The molecule has 0 spiro atoms. The lowest BCUT2D eigenvalue weighted by Crippen LogP contribution is -2.33. The van der Waals surface area contributed by atoms with E-state index in [2.05, 4.69) is 5.32 Å².